The molecule has 1 aromatic carbocycles. The summed E-state index contributed by atoms with van der Waals surface area (Å²) < 4.78 is 0. The molecule has 118 valence electrons. The lowest BCUT2D eigenvalue weighted by Gasteiger charge is -2.31. The van der Waals surface area contributed by atoms with Crippen LogP contribution in [0.2, 0.25) is 0 Å². The Kier molecular flexibility index (Phi) is 4.00. The van der Waals surface area contributed by atoms with Crippen molar-refractivity contribution in [1.82, 2.24) is 5.32 Å². The molecule has 1 aromatic rings. The fourth-order valence-corrected chi connectivity index (χ4v) is 2.82. The van der Waals surface area contributed by atoms with Crippen LogP contribution in [-0.2, 0) is 0 Å². The van der Waals surface area contributed by atoms with Crippen LogP contribution in [-0.4, -0.2) is 30.0 Å². The van der Waals surface area contributed by atoms with Crippen LogP contribution >= 0.6 is 0 Å². The van der Waals surface area contributed by atoms with E-state index < -0.39 is 0 Å². The van der Waals surface area contributed by atoms with Crippen molar-refractivity contribution in [1.29, 1.82) is 0 Å². The third-order valence-corrected chi connectivity index (χ3v) is 4.47. The molecule has 6 nitrogen and oxygen atoms in total. The smallest absolute Gasteiger partial charge is 0.293 e. The molecule has 0 unspecified atom stereocenters. The first-order valence-corrected chi connectivity index (χ1v) is 7.89. The van der Waals surface area contributed by atoms with Crippen LogP contribution in [0, 0.1) is 16.0 Å². The van der Waals surface area contributed by atoms with E-state index in [-0.39, 0.29) is 22.6 Å². The molecule has 1 aliphatic heterocycles. The molecule has 1 aliphatic carbocycles. The van der Waals surface area contributed by atoms with E-state index in [9.17, 15) is 14.9 Å². The molecule has 1 saturated carbocycles. The van der Waals surface area contributed by atoms with Gasteiger partial charge in [-0.25, -0.2) is 0 Å². The average molecular weight is 303 g/mol. The lowest BCUT2D eigenvalue weighted by atomic mass is 9.98. The summed E-state index contributed by atoms with van der Waals surface area (Å²) in [7, 11) is 0. The molecule has 3 rings (SSSR count). The number of anilines is 1. The molecule has 0 aromatic heterocycles. The van der Waals surface area contributed by atoms with Crippen molar-refractivity contribution < 1.29 is 9.72 Å². The summed E-state index contributed by atoms with van der Waals surface area (Å²) in [6.07, 6.45) is 4.08. The van der Waals surface area contributed by atoms with E-state index in [1.54, 1.807) is 12.1 Å². The predicted octanol–water partition coefficient (Wildman–Crippen LogP) is 2.72. The van der Waals surface area contributed by atoms with Crippen molar-refractivity contribution in [3.63, 3.8) is 0 Å². The highest BCUT2D eigenvalue weighted by Crippen LogP contribution is 2.32. The second-order valence-corrected chi connectivity index (χ2v) is 6.38. The second-order valence-electron chi connectivity index (χ2n) is 6.38. The van der Waals surface area contributed by atoms with E-state index in [1.165, 1.54) is 6.07 Å². The molecule has 0 bridgehead atoms. The van der Waals surface area contributed by atoms with Gasteiger partial charge in [-0.1, -0.05) is 6.92 Å². The minimum atomic E-state index is -0.388. The molecule has 1 N–H and O–H groups in total. The van der Waals surface area contributed by atoms with Crippen LogP contribution in [0.15, 0.2) is 18.2 Å². The number of carbonyl (C=O) groups is 1. The Morgan fingerprint density at radius 2 is 1.95 bits per heavy atom. The summed E-state index contributed by atoms with van der Waals surface area (Å²) in [5, 5.41) is 14.3. The highest BCUT2D eigenvalue weighted by molar-refractivity contribution is 5.96. The van der Waals surface area contributed by atoms with Gasteiger partial charge in [0, 0.05) is 30.8 Å². The Hall–Kier alpha value is -2.11. The first-order chi connectivity index (χ1) is 10.5. The molecular weight excluding hydrogens is 282 g/mol. The maximum atomic E-state index is 12.1. The summed E-state index contributed by atoms with van der Waals surface area (Å²) in [5.74, 6) is 0.448. The van der Waals surface area contributed by atoms with Gasteiger partial charge in [0.25, 0.3) is 11.6 Å². The van der Waals surface area contributed by atoms with E-state index in [2.05, 4.69) is 17.1 Å². The number of hydrogen-bond acceptors (Lipinski definition) is 4. The fourth-order valence-electron chi connectivity index (χ4n) is 2.82. The minimum absolute atomic E-state index is 0.0259. The Bertz CT molecular complexity index is 590. The molecule has 1 amide bonds. The van der Waals surface area contributed by atoms with Crippen molar-refractivity contribution in [2.24, 2.45) is 5.92 Å². The van der Waals surface area contributed by atoms with Gasteiger partial charge < -0.3 is 10.2 Å². The predicted molar refractivity (Wildman–Crippen MR) is 84.2 cm³/mol. The number of nitrogens with zero attached hydrogens (tertiary/aromatic N) is 2. The third kappa shape index (κ3) is 3.21. The summed E-state index contributed by atoms with van der Waals surface area (Å²) in [6.45, 7) is 3.86. The molecule has 22 heavy (non-hydrogen) atoms. The summed E-state index contributed by atoms with van der Waals surface area (Å²) in [4.78, 5) is 25.1. The molecule has 2 fully saturated rings. The molecule has 6 heteroatoms. The lowest BCUT2D eigenvalue weighted by Crippen LogP contribution is -2.33. The highest BCUT2D eigenvalue weighted by Gasteiger charge is 2.27. The number of rotatable bonds is 4. The lowest BCUT2D eigenvalue weighted by molar-refractivity contribution is -0.384. The molecule has 1 heterocycles. The zero-order valence-electron chi connectivity index (χ0n) is 12.7. The van der Waals surface area contributed by atoms with Gasteiger partial charge in [-0.05, 0) is 43.7 Å². The number of benzene rings is 1. The summed E-state index contributed by atoms with van der Waals surface area (Å²) in [5.41, 5.74) is 1.02. The number of nitro benzene ring substituents is 1. The van der Waals surface area contributed by atoms with Crippen molar-refractivity contribution in [2.75, 3.05) is 18.0 Å². The number of carbonyl (C=O) groups excluding carboxylic acids is 1. The van der Waals surface area contributed by atoms with E-state index in [0.717, 1.165) is 38.8 Å². The van der Waals surface area contributed by atoms with Crippen molar-refractivity contribution in [3.05, 3.63) is 33.9 Å². The van der Waals surface area contributed by atoms with Gasteiger partial charge in [-0.3, -0.25) is 14.9 Å². The monoisotopic (exact) mass is 303 g/mol. The van der Waals surface area contributed by atoms with Crippen LogP contribution in [0.4, 0.5) is 11.4 Å². The first-order valence-electron chi connectivity index (χ1n) is 7.89. The number of nitrogens with one attached hydrogen (secondary N) is 1. The standard InChI is InChI=1S/C16H21N3O3/c1-11-6-8-18(9-7-11)14-5-2-12(10-15(14)19(21)22)16(20)17-13-3-4-13/h2,5,10-11,13H,3-4,6-9H2,1H3,(H,17,20). The fraction of sp³-hybridized carbons (Fsp3) is 0.562. The number of nitro groups is 1. The third-order valence-electron chi connectivity index (χ3n) is 4.47. The molecule has 0 radical (unpaired) electrons. The van der Waals surface area contributed by atoms with Crippen LogP contribution in [0.25, 0.3) is 0 Å². The van der Waals surface area contributed by atoms with Gasteiger partial charge in [0.05, 0.1) is 4.92 Å². The van der Waals surface area contributed by atoms with Crippen molar-refractivity contribution >= 4 is 17.3 Å². The number of hydrogen-bond donors (Lipinski definition) is 1. The maximum Gasteiger partial charge on any atom is 0.293 e. The number of piperidine rings is 1. The van der Waals surface area contributed by atoms with Gasteiger partial charge in [-0.15, -0.1) is 0 Å². The van der Waals surface area contributed by atoms with Crippen LogP contribution in [0.1, 0.15) is 43.0 Å². The topological polar surface area (TPSA) is 75.5 Å². The second kappa shape index (κ2) is 5.94. The Labute approximate surface area is 129 Å². The molecular formula is C16H21N3O3. The van der Waals surface area contributed by atoms with Crippen molar-refractivity contribution in [3.8, 4) is 0 Å². The van der Waals surface area contributed by atoms with E-state index in [1.807, 2.05) is 0 Å². The van der Waals surface area contributed by atoms with Crippen LogP contribution in [0.3, 0.4) is 0 Å². The van der Waals surface area contributed by atoms with E-state index in [4.69, 9.17) is 0 Å². The normalized spacial score (nSPS) is 19.0. The van der Waals surface area contributed by atoms with Gasteiger partial charge in [-0.2, -0.15) is 0 Å². The van der Waals surface area contributed by atoms with Crippen molar-refractivity contribution in [2.45, 2.75) is 38.6 Å². The van der Waals surface area contributed by atoms with Gasteiger partial charge in [0.2, 0.25) is 0 Å². The Morgan fingerprint density at radius 3 is 2.55 bits per heavy atom. The zero-order chi connectivity index (χ0) is 15.7. The molecule has 0 spiro atoms. The summed E-state index contributed by atoms with van der Waals surface area (Å²) in [6, 6.07) is 5.06. The van der Waals surface area contributed by atoms with E-state index in [0.29, 0.717) is 17.2 Å². The van der Waals surface area contributed by atoms with Crippen LogP contribution in [0.5, 0.6) is 0 Å². The summed E-state index contributed by atoms with van der Waals surface area (Å²) >= 11 is 0. The Balaban J connectivity index is 1.83. The molecule has 2 aliphatic rings. The van der Waals surface area contributed by atoms with Gasteiger partial charge in [0.1, 0.15) is 5.69 Å². The first kappa shape index (κ1) is 14.8. The molecule has 0 atom stereocenters. The highest BCUT2D eigenvalue weighted by atomic mass is 16.6. The number of amides is 1. The van der Waals surface area contributed by atoms with Gasteiger partial charge in [0.15, 0.2) is 0 Å². The van der Waals surface area contributed by atoms with E-state index >= 15 is 0 Å². The quantitative estimate of drug-likeness (QED) is 0.685. The van der Waals surface area contributed by atoms with Gasteiger partial charge >= 0.3 is 0 Å². The average Bonchev–Trinajstić information content (AvgIpc) is 3.31. The Morgan fingerprint density at radius 1 is 1.27 bits per heavy atom. The largest absolute Gasteiger partial charge is 0.366 e. The SMILES string of the molecule is CC1CCN(c2ccc(C(=O)NC3CC3)cc2[N+](=O)[O-])CC1. The van der Waals surface area contributed by atoms with Crippen LogP contribution < -0.4 is 10.2 Å². The maximum absolute atomic E-state index is 12.1. The minimum Gasteiger partial charge on any atom is -0.366 e. The molecule has 1 saturated heterocycles. The zero-order valence-corrected chi connectivity index (χ0v) is 12.7.